The quantitative estimate of drug-likeness (QED) is 0.799. The number of ether oxygens (including phenoxy) is 2. The predicted molar refractivity (Wildman–Crippen MR) is 72.9 cm³/mol. The highest BCUT2D eigenvalue weighted by atomic mass is 16.5. The molecule has 2 rings (SSSR count). The molecule has 2 heterocycles. The van der Waals surface area contributed by atoms with Crippen molar-refractivity contribution in [2.75, 3.05) is 45.9 Å². The number of hydrogen-bond acceptors (Lipinski definition) is 4. The fourth-order valence-corrected chi connectivity index (χ4v) is 3.25. The highest BCUT2D eigenvalue weighted by molar-refractivity contribution is 4.90. The Morgan fingerprint density at radius 2 is 2.00 bits per heavy atom. The van der Waals surface area contributed by atoms with E-state index in [0.717, 1.165) is 45.9 Å². The van der Waals surface area contributed by atoms with Crippen LogP contribution in [0.5, 0.6) is 0 Å². The minimum absolute atomic E-state index is 0.312. The van der Waals surface area contributed by atoms with Gasteiger partial charge in [0, 0.05) is 38.2 Å². The Hall–Kier alpha value is -0.160. The molecule has 3 atom stereocenters. The third kappa shape index (κ3) is 3.67. The first-order valence-electron chi connectivity index (χ1n) is 7.30. The number of nitrogens with zero attached hydrogens (tertiary/aromatic N) is 1. The summed E-state index contributed by atoms with van der Waals surface area (Å²) < 4.78 is 11.5. The molecule has 18 heavy (non-hydrogen) atoms. The molecule has 2 fully saturated rings. The van der Waals surface area contributed by atoms with Gasteiger partial charge in [-0.05, 0) is 26.8 Å². The molecule has 0 bridgehead atoms. The van der Waals surface area contributed by atoms with Crippen molar-refractivity contribution in [3.05, 3.63) is 0 Å². The van der Waals surface area contributed by atoms with Gasteiger partial charge >= 0.3 is 0 Å². The van der Waals surface area contributed by atoms with Gasteiger partial charge in [-0.25, -0.2) is 0 Å². The molecule has 0 radical (unpaired) electrons. The van der Waals surface area contributed by atoms with Gasteiger partial charge < -0.3 is 14.8 Å². The van der Waals surface area contributed by atoms with Crippen molar-refractivity contribution in [3.63, 3.8) is 0 Å². The summed E-state index contributed by atoms with van der Waals surface area (Å²) >= 11 is 0. The lowest BCUT2D eigenvalue weighted by Crippen LogP contribution is -2.52. The van der Waals surface area contributed by atoms with Gasteiger partial charge in [0.05, 0.1) is 18.8 Å². The maximum Gasteiger partial charge on any atom is 0.0678 e. The summed E-state index contributed by atoms with van der Waals surface area (Å²) in [6, 6.07) is 0. The van der Waals surface area contributed by atoms with Crippen LogP contribution < -0.4 is 5.32 Å². The summed E-state index contributed by atoms with van der Waals surface area (Å²) in [4.78, 5) is 2.56. The monoisotopic (exact) mass is 256 g/mol. The molecular weight excluding hydrogens is 228 g/mol. The SMILES string of the molecule is CCNCC1(CN2CC(C)OC(C)C2)CCOC1. The van der Waals surface area contributed by atoms with Crippen molar-refractivity contribution in [1.82, 2.24) is 10.2 Å². The van der Waals surface area contributed by atoms with Gasteiger partial charge in [0.25, 0.3) is 0 Å². The number of hydrogen-bond donors (Lipinski definition) is 1. The van der Waals surface area contributed by atoms with Gasteiger partial charge in [-0.2, -0.15) is 0 Å². The molecule has 0 aromatic rings. The molecule has 0 spiro atoms. The fraction of sp³-hybridized carbons (Fsp3) is 1.00. The molecule has 3 unspecified atom stereocenters. The van der Waals surface area contributed by atoms with Gasteiger partial charge in [-0.1, -0.05) is 6.92 Å². The summed E-state index contributed by atoms with van der Waals surface area (Å²) in [5.41, 5.74) is 0.312. The average molecular weight is 256 g/mol. The van der Waals surface area contributed by atoms with Crippen LogP contribution in [0.15, 0.2) is 0 Å². The van der Waals surface area contributed by atoms with Crippen LogP contribution in [0.4, 0.5) is 0 Å². The van der Waals surface area contributed by atoms with E-state index in [0.29, 0.717) is 17.6 Å². The Bertz CT molecular complexity index is 244. The maximum atomic E-state index is 5.81. The van der Waals surface area contributed by atoms with Crippen LogP contribution in [0.25, 0.3) is 0 Å². The van der Waals surface area contributed by atoms with E-state index in [-0.39, 0.29) is 0 Å². The van der Waals surface area contributed by atoms with Crippen LogP contribution in [0.3, 0.4) is 0 Å². The van der Waals surface area contributed by atoms with Crippen molar-refractivity contribution in [1.29, 1.82) is 0 Å². The smallest absolute Gasteiger partial charge is 0.0678 e. The molecule has 0 aromatic carbocycles. The van der Waals surface area contributed by atoms with Gasteiger partial charge in [0.2, 0.25) is 0 Å². The molecule has 0 aliphatic carbocycles. The second kappa shape index (κ2) is 6.33. The molecular formula is C14H28N2O2. The molecule has 0 aromatic heterocycles. The standard InChI is InChI=1S/C14H28N2O2/c1-4-15-9-14(5-6-17-11-14)10-16-7-12(2)18-13(3)8-16/h12-13,15H,4-11H2,1-3H3. The van der Waals surface area contributed by atoms with E-state index in [4.69, 9.17) is 9.47 Å². The lowest BCUT2D eigenvalue weighted by molar-refractivity contribution is -0.0780. The van der Waals surface area contributed by atoms with Gasteiger partial charge in [0.1, 0.15) is 0 Å². The van der Waals surface area contributed by atoms with Crippen molar-refractivity contribution >= 4 is 0 Å². The van der Waals surface area contributed by atoms with Crippen molar-refractivity contribution in [3.8, 4) is 0 Å². The van der Waals surface area contributed by atoms with Gasteiger partial charge in [-0.15, -0.1) is 0 Å². The van der Waals surface area contributed by atoms with E-state index in [1.165, 1.54) is 6.42 Å². The first-order chi connectivity index (χ1) is 8.63. The lowest BCUT2D eigenvalue weighted by atomic mass is 9.86. The van der Waals surface area contributed by atoms with Gasteiger partial charge in [-0.3, -0.25) is 4.90 Å². The summed E-state index contributed by atoms with van der Waals surface area (Å²) in [6.07, 6.45) is 1.89. The van der Waals surface area contributed by atoms with Crippen LogP contribution in [0.2, 0.25) is 0 Å². The second-order valence-corrected chi connectivity index (χ2v) is 6.03. The Kier molecular flexibility index (Phi) is 5.01. The molecule has 4 nitrogen and oxygen atoms in total. The molecule has 1 N–H and O–H groups in total. The largest absolute Gasteiger partial charge is 0.381 e. The van der Waals surface area contributed by atoms with E-state index in [1.807, 2.05) is 0 Å². The van der Waals surface area contributed by atoms with Crippen LogP contribution >= 0.6 is 0 Å². The number of morpholine rings is 1. The lowest BCUT2D eigenvalue weighted by Gasteiger charge is -2.40. The molecule has 2 saturated heterocycles. The third-order valence-corrected chi connectivity index (χ3v) is 3.99. The van der Waals surface area contributed by atoms with Crippen LogP contribution in [-0.2, 0) is 9.47 Å². The summed E-state index contributed by atoms with van der Waals surface area (Å²) in [6.45, 7) is 13.7. The summed E-state index contributed by atoms with van der Waals surface area (Å²) in [7, 11) is 0. The average Bonchev–Trinajstić information content (AvgIpc) is 2.74. The Labute approximate surface area is 111 Å². The normalized spacial score (nSPS) is 38.2. The zero-order chi connectivity index (χ0) is 13.0. The van der Waals surface area contributed by atoms with E-state index >= 15 is 0 Å². The highest BCUT2D eigenvalue weighted by Crippen LogP contribution is 2.30. The molecule has 2 aliphatic heterocycles. The predicted octanol–water partition coefficient (Wildman–Crippen LogP) is 1.11. The first-order valence-corrected chi connectivity index (χ1v) is 7.30. The minimum atomic E-state index is 0.312. The Morgan fingerprint density at radius 3 is 2.56 bits per heavy atom. The van der Waals surface area contributed by atoms with Crippen molar-refractivity contribution < 1.29 is 9.47 Å². The zero-order valence-electron chi connectivity index (χ0n) is 12.1. The van der Waals surface area contributed by atoms with Crippen molar-refractivity contribution in [2.45, 2.75) is 39.4 Å². The third-order valence-electron chi connectivity index (χ3n) is 3.99. The van der Waals surface area contributed by atoms with Crippen LogP contribution in [-0.4, -0.2) is 63.0 Å². The van der Waals surface area contributed by atoms with Crippen molar-refractivity contribution in [2.24, 2.45) is 5.41 Å². The van der Waals surface area contributed by atoms with E-state index in [9.17, 15) is 0 Å². The zero-order valence-corrected chi connectivity index (χ0v) is 12.1. The molecule has 2 aliphatic rings. The molecule has 106 valence electrons. The van der Waals surface area contributed by atoms with Gasteiger partial charge in [0.15, 0.2) is 0 Å². The van der Waals surface area contributed by atoms with E-state index < -0.39 is 0 Å². The van der Waals surface area contributed by atoms with Crippen LogP contribution in [0.1, 0.15) is 27.2 Å². The molecule has 4 heteroatoms. The first kappa shape index (κ1) is 14.3. The Morgan fingerprint density at radius 1 is 1.28 bits per heavy atom. The topological polar surface area (TPSA) is 33.7 Å². The second-order valence-electron chi connectivity index (χ2n) is 6.03. The molecule has 0 saturated carbocycles. The minimum Gasteiger partial charge on any atom is -0.381 e. The Balaban J connectivity index is 1.91. The number of rotatable bonds is 5. The summed E-state index contributed by atoms with van der Waals surface area (Å²) in [5.74, 6) is 0. The maximum absolute atomic E-state index is 5.81. The van der Waals surface area contributed by atoms with E-state index in [2.05, 4.69) is 31.0 Å². The molecule has 0 amide bonds. The number of nitrogens with one attached hydrogen (secondary N) is 1. The fourth-order valence-electron chi connectivity index (χ4n) is 3.25. The van der Waals surface area contributed by atoms with Crippen LogP contribution in [0, 0.1) is 5.41 Å². The van der Waals surface area contributed by atoms with E-state index in [1.54, 1.807) is 0 Å². The summed E-state index contributed by atoms with van der Waals surface area (Å²) in [5, 5.41) is 3.51. The highest BCUT2D eigenvalue weighted by Gasteiger charge is 2.37.